The Labute approximate surface area is 117 Å². The monoisotopic (exact) mass is 262 g/mol. The molecule has 0 radical (unpaired) electrons. The van der Waals surface area contributed by atoms with Crippen LogP contribution in [0.5, 0.6) is 0 Å². The van der Waals surface area contributed by atoms with Gasteiger partial charge in [-0.15, -0.1) is 0 Å². The largest absolute Gasteiger partial charge is 0.369 e. The number of hydrogen-bond donors (Lipinski definition) is 0. The molecular formula is C16H14N4. The Hall–Kier alpha value is -2.80. The van der Waals surface area contributed by atoms with Gasteiger partial charge in [-0.1, -0.05) is 6.07 Å². The highest BCUT2D eigenvalue weighted by Crippen LogP contribution is 2.16. The number of nitriles is 1. The average Bonchev–Trinajstić information content (AvgIpc) is 2.89. The van der Waals surface area contributed by atoms with E-state index < -0.39 is 0 Å². The normalized spacial score (nSPS) is 10.4. The van der Waals surface area contributed by atoms with Crippen LogP contribution in [0.2, 0.25) is 0 Å². The summed E-state index contributed by atoms with van der Waals surface area (Å²) in [5.41, 5.74) is 3.72. The minimum Gasteiger partial charge on any atom is -0.369 e. The molecule has 98 valence electrons. The number of hydrogen-bond acceptors (Lipinski definition) is 3. The minimum atomic E-state index is 0.676. The Balaban J connectivity index is 1.80. The molecule has 4 heteroatoms. The van der Waals surface area contributed by atoms with Gasteiger partial charge in [0.05, 0.1) is 23.9 Å². The maximum atomic E-state index is 8.81. The maximum Gasteiger partial charge on any atom is 0.137 e. The first kappa shape index (κ1) is 12.2. The van der Waals surface area contributed by atoms with Crippen LogP contribution in [0.4, 0.5) is 5.69 Å². The molecule has 0 N–H and O–H groups in total. The van der Waals surface area contributed by atoms with Gasteiger partial charge in [0.25, 0.3) is 0 Å². The molecule has 2 heterocycles. The number of rotatable bonds is 3. The van der Waals surface area contributed by atoms with Crippen molar-refractivity contribution in [2.75, 3.05) is 11.9 Å². The van der Waals surface area contributed by atoms with Crippen LogP contribution in [-0.2, 0) is 6.54 Å². The number of nitrogens with zero attached hydrogens (tertiary/aromatic N) is 4. The van der Waals surface area contributed by atoms with Gasteiger partial charge in [-0.2, -0.15) is 5.26 Å². The maximum absolute atomic E-state index is 8.81. The molecule has 3 rings (SSSR count). The van der Waals surface area contributed by atoms with Crippen LogP contribution in [0.3, 0.4) is 0 Å². The van der Waals surface area contributed by atoms with E-state index in [9.17, 15) is 0 Å². The predicted octanol–water partition coefficient (Wildman–Crippen LogP) is 2.84. The molecule has 2 aromatic heterocycles. The van der Waals surface area contributed by atoms with Gasteiger partial charge in [-0.25, -0.2) is 4.98 Å². The molecule has 0 amide bonds. The van der Waals surface area contributed by atoms with Gasteiger partial charge in [0, 0.05) is 25.1 Å². The highest BCUT2D eigenvalue weighted by Gasteiger charge is 2.06. The van der Waals surface area contributed by atoms with Gasteiger partial charge < -0.3 is 9.30 Å². The second-order valence-electron chi connectivity index (χ2n) is 4.71. The Bertz CT molecular complexity index is 732. The van der Waals surface area contributed by atoms with Crippen LogP contribution in [0.25, 0.3) is 5.65 Å². The third kappa shape index (κ3) is 2.34. The molecule has 0 saturated carbocycles. The number of aromatic nitrogens is 2. The smallest absolute Gasteiger partial charge is 0.137 e. The average molecular weight is 262 g/mol. The molecular weight excluding hydrogens is 248 g/mol. The summed E-state index contributed by atoms with van der Waals surface area (Å²) < 4.78 is 2.02. The zero-order chi connectivity index (χ0) is 13.9. The lowest BCUT2D eigenvalue weighted by Crippen LogP contribution is -2.16. The summed E-state index contributed by atoms with van der Waals surface area (Å²) in [7, 11) is 2.02. The number of anilines is 1. The predicted molar refractivity (Wildman–Crippen MR) is 78.5 cm³/mol. The lowest BCUT2D eigenvalue weighted by Gasteiger charge is -2.17. The van der Waals surface area contributed by atoms with E-state index in [1.807, 2.05) is 66.3 Å². The van der Waals surface area contributed by atoms with Crippen molar-refractivity contribution in [2.24, 2.45) is 0 Å². The summed E-state index contributed by atoms with van der Waals surface area (Å²) in [6.07, 6.45) is 4.03. The second-order valence-corrected chi connectivity index (χ2v) is 4.71. The molecule has 20 heavy (non-hydrogen) atoms. The quantitative estimate of drug-likeness (QED) is 0.729. The SMILES string of the molecule is CN(Cc1cn2ccccc2n1)c1ccc(C#N)cc1. The molecule has 0 aliphatic rings. The van der Waals surface area contributed by atoms with Crippen LogP contribution >= 0.6 is 0 Å². The second kappa shape index (κ2) is 5.06. The lowest BCUT2D eigenvalue weighted by atomic mass is 10.2. The van der Waals surface area contributed by atoms with Crippen LogP contribution in [0.1, 0.15) is 11.3 Å². The summed E-state index contributed by atoms with van der Waals surface area (Å²) in [5.74, 6) is 0. The van der Waals surface area contributed by atoms with Crippen LogP contribution in [0.15, 0.2) is 54.9 Å². The number of pyridine rings is 1. The Kier molecular flexibility index (Phi) is 3.10. The van der Waals surface area contributed by atoms with Gasteiger partial charge >= 0.3 is 0 Å². The van der Waals surface area contributed by atoms with Crippen LogP contribution in [0, 0.1) is 11.3 Å². The Morgan fingerprint density at radius 3 is 2.70 bits per heavy atom. The highest BCUT2D eigenvalue weighted by atomic mass is 15.1. The van der Waals surface area contributed by atoms with E-state index in [1.54, 1.807) is 0 Å². The lowest BCUT2D eigenvalue weighted by molar-refractivity contribution is 0.896. The van der Waals surface area contributed by atoms with E-state index in [0.29, 0.717) is 5.56 Å². The van der Waals surface area contributed by atoms with Crippen molar-refractivity contribution in [1.82, 2.24) is 9.38 Å². The van der Waals surface area contributed by atoms with E-state index in [0.717, 1.165) is 23.6 Å². The summed E-state index contributed by atoms with van der Waals surface area (Å²) in [6.45, 7) is 0.730. The third-order valence-electron chi connectivity index (χ3n) is 3.25. The van der Waals surface area contributed by atoms with Gasteiger partial charge in [0.2, 0.25) is 0 Å². The summed E-state index contributed by atoms with van der Waals surface area (Å²) in [4.78, 5) is 6.69. The van der Waals surface area contributed by atoms with Crippen LogP contribution < -0.4 is 4.90 Å². The van der Waals surface area contributed by atoms with Crippen molar-refractivity contribution in [3.8, 4) is 6.07 Å². The van der Waals surface area contributed by atoms with E-state index in [1.165, 1.54) is 0 Å². The fourth-order valence-corrected chi connectivity index (χ4v) is 2.19. The van der Waals surface area contributed by atoms with E-state index in [-0.39, 0.29) is 0 Å². The van der Waals surface area contributed by atoms with Crippen molar-refractivity contribution in [3.05, 3.63) is 66.1 Å². The van der Waals surface area contributed by atoms with E-state index in [2.05, 4.69) is 16.0 Å². The molecule has 0 aliphatic heterocycles. The standard InChI is InChI=1S/C16H14N4/c1-19(15-7-5-13(10-17)6-8-15)11-14-12-20-9-3-2-4-16(20)18-14/h2-9,12H,11H2,1H3. The first-order valence-electron chi connectivity index (χ1n) is 6.40. The molecule has 0 bridgehead atoms. The zero-order valence-electron chi connectivity index (χ0n) is 11.2. The van der Waals surface area contributed by atoms with E-state index in [4.69, 9.17) is 5.26 Å². The highest BCUT2D eigenvalue weighted by molar-refractivity contribution is 5.49. The number of benzene rings is 1. The molecule has 4 nitrogen and oxygen atoms in total. The van der Waals surface area contributed by atoms with Crippen molar-refractivity contribution in [3.63, 3.8) is 0 Å². The molecule has 1 aromatic carbocycles. The van der Waals surface area contributed by atoms with Crippen molar-refractivity contribution in [2.45, 2.75) is 6.54 Å². The fraction of sp³-hybridized carbons (Fsp3) is 0.125. The molecule has 0 saturated heterocycles. The summed E-state index contributed by atoms with van der Waals surface area (Å²) >= 11 is 0. The number of imidazole rings is 1. The van der Waals surface area contributed by atoms with Crippen molar-refractivity contribution in [1.29, 1.82) is 5.26 Å². The molecule has 0 spiro atoms. The summed E-state index contributed by atoms with van der Waals surface area (Å²) in [6, 6.07) is 15.7. The Morgan fingerprint density at radius 2 is 2.00 bits per heavy atom. The van der Waals surface area contributed by atoms with E-state index >= 15 is 0 Å². The number of fused-ring (bicyclic) bond motifs is 1. The van der Waals surface area contributed by atoms with Gasteiger partial charge in [-0.3, -0.25) is 0 Å². The zero-order valence-corrected chi connectivity index (χ0v) is 11.2. The molecule has 0 unspecified atom stereocenters. The molecule has 0 fully saturated rings. The third-order valence-corrected chi connectivity index (χ3v) is 3.25. The van der Waals surface area contributed by atoms with Crippen molar-refractivity contribution >= 4 is 11.3 Å². The Morgan fingerprint density at radius 1 is 1.20 bits per heavy atom. The van der Waals surface area contributed by atoms with Gasteiger partial charge in [0.15, 0.2) is 0 Å². The summed E-state index contributed by atoms with van der Waals surface area (Å²) in [5, 5.41) is 8.81. The van der Waals surface area contributed by atoms with Crippen LogP contribution in [-0.4, -0.2) is 16.4 Å². The first-order chi connectivity index (χ1) is 9.76. The molecule has 3 aromatic rings. The topological polar surface area (TPSA) is 44.3 Å². The fourth-order valence-electron chi connectivity index (χ4n) is 2.19. The molecule has 0 atom stereocenters. The molecule has 0 aliphatic carbocycles. The first-order valence-corrected chi connectivity index (χ1v) is 6.40. The van der Waals surface area contributed by atoms with Gasteiger partial charge in [-0.05, 0) is 36.4 Å². The van der Waals surface area contributed by atoms with Gasteiger partial charge in [0.1, 0.15) is 5.65 Å². The van der Waals surface area contributed by atoms with Crippen molar-refractivity contribution < 1.29 is 0 Å². The minimum absolute atomic E-state index is 0.676.